The molecule has 20 heavy (non-hydrogen) atoms. The number of hydrogen-bond donors (Lipinski definition) is 2. The molecule has 0 aliphatic rings. The summed E-state index contributed by atoms with van der Waals surface area (Å²) in [5.74, 6) is -1.26. The van der Waals surface area contributed by atoms with Crippen molar-refractivity contribution in [1.29, 1.82) is 0 Å². The number of benzene rings is 1. The number of anilines is 1. The van der Waals surface area contributed by atoms with Crippen molar-refractivity contribution in [1.82, 2.24) is 9.03 Å². The van der Waals surface area contributed by atoms with Crippen molar-refractivity contribution in [3.8, 4) is 0 Å². The highest BCUT2D eigenvalue weighted by atomic mass is 32.2. The summed E-state index contributed by atoms with van der Waals surface area (Å²) in [5.41, 5.74) is 4.85. The van der Waals surface area contributed by atoms with Crippen molar-refractivity contribution in [3.63, 3.8) is 0 Å². The largest absolute Gasteiger partial charge is 0.395 e. The topological polar surface area (TPSA) is 110 Å². The predicted molar refractivity (Wildman–Crippen MR) is 73.5 cm³/mol. The predicted octanol–water partition coefficient (Wildman–Crippen LogP) is -0.422. The summed E-state index contributed by atoms with van der Waals surface area (Å²) in [6.07, 6.45) is 0. The highest BCUT2D eigenvalue weighted by molar-refractivity contribution is 7.90. The first-order valence-corrected chi connectivity index (χ1v) is 8.61. The molecule has 0 aromatic heterocycles. The van der Waals surface area contributed by atoms with Gasteiger partial charge in [-0.3, -0.25) is 0 Å². The molecule has 0 spiro atoms. The fourth-order valence-electron chi connectivity index (χ4n) is 1.32. The second-order valence-electron chi connectivity index (χ2n) is 4.15. The quantitative estimate of drug-likeness (QED) is 0.690. The number of nitrogens with one attached hydrogen (secondary N) is 1. The van der Waals surface area contributed by atoms with Gasteiger partial charge in [0, 0.05) is 20.6 Å². The maximum Gasteiger partial charge on any atom is 0.242 e. The zero-order valence-corrected chi connectivity index (χ0v) is 12.6. The molecule has 0 aliphatic heterocycles. The van der Waals surface area contributed by atoms with Gasteiger partial charge in [0.15, 0.2) is 0 Å². The van der Waals surface area contributed by atoms with E-state index in [1.54, 1.807) is 0 Å². The van der Waals surface area contributed by atoms with Crippen molar-refractivity contribution < 1.29 is 21.2 Å². The Morgan fingerprint density at radius 2 is 1.85 bits per heavy atom. The molecular weight excluding hydrogens is 309 g/mol. The van der Waals surface area contributed by atoms with Crippen LogP contribution in [0.1, 0.15) is 0 Å². The van der Waals surface area contributed by atoms with Crippen molar-refractivity contribution in [2.45, 2.75) is 4.90 Å². The number of nitrogens with two attached hydrogens (primary N) is 1. The van der Waals surface area contributed by atoms with Crippen LogP contribution in [0.15, 0.2) is 23.1 Å². The Morgan fingerprint density at radius 1 is 1.25 bits per heavy atom. The number of nitrogens with zero attached hydrogens (tertiary/aromatic N) is 1. The standard InChI is InChI=1S/C10H16FN3O4S2/c1-14(2)19(15,16)7-6-13-20(17,18)9-5-3-4-8(11)10(9)12/h3-5,13H,6-7,12H2,1-2H3. The fraction of sp³-hybridized carbons (Fsp3) is 0.400. The highest BCUT2D eigenvalue weighted by Crippen LogP contribution is 2.20. The van der Waals surface area contributed by atoms with Crippen LogP contribution in [0.2, 0.25) is 0 Å². The Morgan fingerprint density at radius 3 is 2.40 bits per heavy atom. The van der Waals surface area contributed by atoms with Gasteiger partial charge >= 0.3 is 0 Å². The molecule has 0 saturated carbocycles. The Hall–Kier alpha value is -1.23. The maximum atomic E-state index is 13.2. The van der Waals surface area contributed by atoms with E-state index in [9.17, 15) is 21.2 Å². The lowest BCUT2D eigenvalue weighted by molar-refractivity contribution is 0.519. The normalized spacial score (nSPS) is 12.8. The summed E-state index contributed by atoms with van der Waals surface area (Å²) in [7, 11) is -4.90. The lowest BCUT2D eigenvalue weighted by atomic mass is 10.3. The molecule has 0 unspecified atom stereocenters. The molecule has 1 aromatic rings. The third-order valence-corrected chi connectivity index (χ3v) is 5.86. The van der Waals surface area contributed by atoms with Crippen LogP contribution >= 0.6 is 0 Å². The average molecular weight is 325 g/mol. The molecule has 0 aliphatic carbocycles. The van der Waals surface area contributed by atoms with E-state index in [1.165, 1.54) is 20.2 Å². The number of nitrogen functional groups attached to an aromatic ring is 1. The summed E-state index contributed by atoms with van der Waals surface area (Å²) in [4.78, 5) is -0.417. The minimum atomic E-state index is -4.06. The molecule has 1 rings (SSSR count). The van der Waals surface area contributed by atoms with Crippen LogP contribution in [0.4, 0.5) is 10.1 Å². The first-order valence-electron chi connectivity index (χ1n) is 5.52. The molecule has 3 N–H and O–H groups in total. The van der Waals surface area contributed by atoms with Gasteiger partial charge in [-0.1, -0.05) is 6.07 Å². The lowest BCUT2D eigenvalue weighted by Gasteiger charge is -2.12. The third-order valence-electron chi connectivity index (χ3n) is 2.51. The SMILES string of the molecule is CN(C)S(=O)(=O)CCNS(=O)(=O)c1cccc(F)c1N. The van der Waals surface area contributed by atoms with Crippen LogP contribution in [0.25, 0.3) is 0 Å². The van der Waals surface area contributed by atoms with Gasteiger partial charge < -0.3 is 5.73 Å². The van der Waals surface area contributed by atoms with E-state index < -0.39 is 42.2 Å². The molecule has 10 heteroatoms. The van der Waals surface area contributed by atoms with E-state index in [-0.39, 0.29) is 6.54 Å². The van der Waals surface area contributed by atoms with E-state index in [0.717, 1.165) is 16.4 Å². The maximum absolute atomic E-state index is 13.2. The van der Waals surface area contributed by atoms with Gasteiger partial charge in [0.1, 0.15) is 10.7 Å². The summed E-state index contributed by atoms with van der Waals surface area (Å²) in [5, 5.41) is 0. The molecular formula is C10H16FN3O4S2. The summed E-state index contributed by atoms with van der Waals surface area (Å²) in [6.45, 7) is -0.335. The smallest absolute Gasteiger partial charge is 0.242 e. The lowest BCUT2D eigenvalue weighted by Crippen LogP contribution is -2.34. The summed E-state index contributed by atoms with van der Waals surface area (Å²) < 4.78 is 63.0. The van der Waals surface area contributed by atoms with Gasteiger partial charge in [-0.25, -0.2) is 30.3 Å². The number of sulfonamides is 2. The zero-order chi connectivity index (χ0) is 15.6. The second-order valence-corrected chi connectivity index (χ2v) is 8.19. The van der Waals surface area contributed by atoms with E-state index in [4.69, 9.17) is 5.73 Å². The third kappa shape index (κ3) is 3.88. The average Bonchev–Trinajstić information content (AvgIpc) is 2.31. The molecule has 0 atom stereocenters. The van der Waals surface area contributed by atoms with E-state index in [2.05, 4.69) is 4.72 Å². The monoisotopic (exact) mass is 325 g/mol. The van der Waals surface area contributed by atoms with Crippen molar-refractivity contribution in [2.75, 3.05) is 32.1 Å². The van der Waals surface area contributed by atoms with Crippen LogP contribution in [0.5, 0.6) is 0 Å². The molecule has 0 radical (unpaired) electrons. The van der Waals surface area contributed by atoms with E-state index >= 15 is 0 Å². The Bertz CT molecular complexity index is 686. The van der Waals surface area contributed by atoms with Crippen LogP contribution in [-0.2, 0) is 20.0 Å². The minimum absolute atomic E-state index is 0.335. The molecule has 1 aromatic carbocycles. The first kappa shape index (κ1) is 16.8. The van der Waals surface area contributed by atoms with Crippen molar-refractivity contribution in [2.24, 2.45) is 0 Å². The number of para-hydroxylation sites is 1. The molecule has 7 nitrogen and oxygen atoms in total. The van der Waals surface area contributed by atoms with Gasteiger partial charge in [-0.2, -0.15) is 0 Å². The molecule has 114 valence electrons. The van der Waals surface area contributed by atoms with Gasteiger partial charge in [-0.05, 0) is 12.1 Å². The van der Waals surface area contributed by atoms with Gasteiger partial charge in [0.05, 0.1) is 11.4 Å². The second kappa shape index (κ2) is 6.04. The van der Waals surface area contributed by atoms with E-state index in [1.807, 2.05) is 0 Å². The zero-order valence-electron chi connectivity index (χ0n) is 11.0. The van der Waals surface area contributed by atoms with Crippen molar-refractivity contribution >= 4 is 25.7 Å². The minimum Gasteiger partial charge on any atom is -0.395 e. The molecule has 0 amide bonds. The van der Waals surface area contributed by atoms with Gasteiger partial charge in [0.2, 0.25) is 20.0 Å². The van der Waals surface area contributed by atoms with E-state index in [0.29, 0.717) is 0 Å². The Labute approximate surface area is 117 Å². The highest BCUT2D eigenvalue weighted by Gasteiger charge is 2.21. The number of hydrogen-bond acceptors (Lipinski definition) is 5. The van der Waals surface area contributed by atoms with Crippen LogP contribution in [0.3, 0.4) is 0 Å². The van der Waals surface area contributed by atoms with Crippen LogP contribution in [0, 0.1) is 5.82 Å². The Kier molecular flexibility index (Phi) is 5.08. The van der Waals surface area contributed by atoms with Gasteiger partial charge in [0.25, 0.3) is 0 Å². The van der Waals surface area contributed by atoms with Crippen LogP contribution in [-0.4, -0.2) is 47.5 Å². The van der Waals surface area contributed by atoms with Crippen molar-refractivity contribution in [3.05, 3.63) is 24.0 Å². The Balaban J connectivity index is 2.85. The molecule has 0 fully saturated rings. The molecule has 0 saturated heterocycles. The molecule has 0 bridgehead atoms. The number of halogens is 1. The number of rotatable bonds is 6. The van der Waals surface area contributed by atoms with Crippen LogP contribution < -0.4 is 10.5 Å². The summed E-state index contributed by atoms with van der Waals surface area (Å²) in [6, 6.07) is 3.38. The fourth-order valence-corrected chi connectivity index (χ4v) is 3.34. The summed E-state index contributed by atoms with van der Waals surface area (Å²) >= 11 is 0. The first-order chi connectivity index (χ1) is 9.08. The van der Waals surface area contributed by atoms with Gasteiger partial charge in [-0.15, -0.1) is 0 Å². The molecule has 0 heterocycles.